The number of aliphatic hydroxyl groups is 1. The molecule has 1 heteroatoms. The van der Waals surface area contributed by atoms with Gasteiger partial charge in [0.25, 0.3) is 0 Å². The molecule has 105 valence electrons. The van der Waals surface area contributed by atoms with Crippen molar-refractivity contribution in [2.75, 3.05) is 0 Å². The van der Waals surface area contributed by atoms with Crippen LogP contribution in [0.3, 0.4) is 0 Å². The molecule has 3 aliphatic carbocycles. The Labute approximate surface area is 121 Å². The molecule has 0 amide bonds. The van der Waals surface area contributed by atoms with Crippen molar-refractivity contribution in [3.05, 3.63) is 54.0 Å². The molecule has 1 aromatic carbocycles. The number of hydrogen-bond acceptors (Lipinski definition) is 1. The predicted molar refractivity (Wildman–Crippen MR) is 81.0 cm³/mol. The van der Waals surface area contributed by atoms with E-state index in [1.54, 1.807) is 0 Å². The van der Waals surface area contributed by atoms with Crippen LogP contribution >= 0.6 is 0 Å². The highest BCUT2D eigenvalue weighted by molar-refractivity contribution is 5.39. The Kier molecular flexibility index (Phi) is 2.51. The van der Waals surface area contributed by atoms with Gasteiger partial charge in [0.2, 0.25) is 0 Å². The third-order valence-corrected chi connectivity index (χ3v) is 6.25. The van der Waals surface area contributed by atoms with Gasteiger partial charge in [0.15, 0.2) is 0 Å². The molecule has 0 heterocycles. The van der Waals surface area contributed by atoms with Gasteiger partial charge in [-0.15, -0.1) is 0 Å². The second-order valence-corrected chi connectivity index (χ2v) is 7.28. The van der Waals surface area contributed by atoms with E-state index in [1.807, 2.05) is 0 Å². The maximum Gasteiger partial charge on any atom is 0.0933 e. The number of rotatable bonds is 0. The monoisotopic (exact) mass is 267 g/mol. The van der Waals surface area contributed by atoms with Crippen molar-refractivity contribution in [2.24, 2.45) is 17.3 Å². The topological polar surface area (TPSA) is 20.2 Å². The number of allylic oxidation sites excluding steroid dienone is 1. The van der Waals surface area contributed by atoms with Crippen molar-refractivity contribution in [1.82, 2.24) is 0 Å². The van der Waals surface area contributed by atoms with Crippen molar-refractivity contribution in [3.8, 4) is 0 Å². The molecule has 1 radical (unpaired) electrons. The molecular formula is C19H23O. The highest BCUT2D eigenvalue weighted by Gasteiger charge is 2.57. The first kappa shape index (κ1) is 12.6. The van der Waals surface area contributed by atoms with E-state index < -0.39 is 5.60 Å². The molecule has 2 fully saturated rings. The minimum absolute atomic E-state index is 0.264. The largest absolute Gasteiger partial charge is 0.385 e. The summed E-state index contributed by atoms with van der Waals surface area (Å²) in [6.07, 6.45) is 7.67. The summed E-state index contributed by atoms with van der Waals surface area (Å²) in [6, 6.07) is 8.50. The molecule has 0 aliphatic heterocycles. The summed E-state index contributed by atoms with van der Waals surface area (Å²) in [6.45, 7) is 6.69. The Morgan fingerprint density at radius 1 is 1.25 bits per heavy atom. The van der Waals surface area contributed by atoms with Gasteiger partial charge in [0.1, 0.15) is 0 Å². The lowest BCUT2D eigenvalue weighted by Crippen LogP contribution is -2.51. The van der Waals surface area contributed by atoms with Gasteiger partial charge in [-0.05, 0) is 66.9 Å². The third kappa shape index (κ3) is 1.47. The van der Waals surface area contributed by atoms with Crippen LogP contribution in [0, 0.1) is 23.7 Å². The third-order valence-electron chi connectivity index (χ3n) is 6.25. The molecule has 0 unspecified atom stereocenters. The van der Waals surface area contributed by atoms with Crippen molar-refractivity contribution in [1.29, 1.82) is 0 Å². The first-order valence-corrected chi connectivity index (χ1v) is 7.87. The van der Waals surface area contributed by atoms with Crippen molar-refractivity contribution < 1.29 is 5.11 Å². The lowest BCUT2D eigenvalue weighted by atomic mass is 9.53. The standard InChI is InChI=1S/C19H23O/c1-13-9-10-18(2)11-12-19(20)15-6-4-3-5-14(15)7-8-16(19)17(13)18/h3-6,10,16-17,20H,1,7-9,11-12H2,2H3/t16-,17+,18+,19+/m1/s1. The second-order valence-electron chi connectivity index (χ2n) is 7.28. The Morgan fingerprint density at radius 2 is 2.05 bits per heavy atom. The Bertz CT molecular complexity index is 575. The van der Waals surface area contributed by atoms with Gasteiger partial charge in [-0.1, -0.05) is 43.3 Å². The fourth-order valence-corrected chi connectivity index (χ4v) is 5.22. The molecule has 0 saturated heterocycles. The molecule has 4 rings (SSSR count). The molecule has 2 saturated carbocycles. The van der Waals surface area contributed by atoms with E-state index in [4.69, 9.17) is 0 Å². The molecule has 0 aromatic heterocycles. The zero-order valence-corrected chi connectivity index (χ0v) is 12.2. The van der Waals surface area contributed by atoms with Crippen molar-refractivity contribution >= 4 is 0 Å². The first-order chi connectivity index (χ1) is 9.55. The maximum atomic E-state index is 11.5. The van der Waals surface area contributed by atoms with Gasteiger partial charge in [0.05, 0.1) is 5.60 Å². The number of hydrogen-bond donors (Lipinski definition) is 1. The van der Waals surface area contributed by atoms with Crippen LogP contribution in [-0.4, -0.2) is 5.11 Å². The SMILES string of the molecule is C=C1C[CH][C@@]2(C)CC[C@]3(O)c4ccccc4CC[C@@H]3[C@H]12. The van der Waals surface area contributed by atoms with E-state index in [-0.39, 0.29) is 5.41 Å². The summed E-state index contributed by atoms with van der Waals surface area (Å²) in [7, 11) is 0. The quantitative estimate of drug-likeness (QED) is 0.704. The lowest BCUT2D eigenvalue weighted by molar-refractivity contribution is -0.111. The smallest absolute Gasteiger partial charge is 0.0933 e. The van der Waals surface area contributed by atoms with Crippen LogP contribution in [0.4, 0.5) is 0 Å². The zero-order valence-electron chi connectivity index (χ0n) is 12.2. The summed E-state index contributed by atoms with van der Waals surface area (Å²) in [5.74, 6) is 0.817. The highest BCUT2D eigenvalue weighted by atomic mass is 16.3. The second kappa shape index (κ2) is 3.98. The number of benzene rings is 1. The van der Waals surface area contributed by atoms with Gasteiger partial charge in [-0.3, -0.25) is 0 Å². The number of aryl methyl sites for hydroxylation is 1. The van der Waals surface area contributed by atoms with Gasteiger partial charge < -0.3 is 5.11 Å². The van der Waals surface area contributed by atoms with E-state index in [2.05, 4.69) is 44.2 Å². The molecule has 1 N–H and O–H groups in total. The molecule has 20 heavy (non-hydrogen) atoms. The van der Waals surface area contributed by atoms with Crippen LogP contribution in [0.25, 0.3) is 0 Å². The minimum atomic E-state index is -0.625. The Balaban J connectivity index is 1.83. The lowest BCUT2D eigenvalue weighted by Gasteiger charge is -2.54. The van der Waals surface area contributed by atoms with Crippen LogP contribution in [0.1, 0.15) is 43.7 Å². The van der Waals surface area contributed by atoms with Crippen molar-refractivity contribution in [2.45, 2.75) is 44.6 Å². The fraction of sp³-hybridized carbons (Fsp3) is 0.526. The van der Waals surface area contributed by atoms with E-state index in [0.717, 1.165) is 32.1 Å². The Morgan fingerprint density at radius 3 is 2.90 bits per heavy atom. The molecule has 1 nitrogen and oxygen atoms in total. The average Bonchev–Trinajstić information content (AvgIpc) is 2.75. The molecule has 4 atom stereocenters. The van der Waals surface area contributed by atoms with Crippen LogP contribution in [-0.2, 0) is 12.0 Å². The van der Waals surface area contributed by atoms with Crippen LogP contribution in [0.5, 0.6) is 0 Å². The maximum absolute atomic E-state index is 11.5. The molecule has 1 aromatic rings. The van der Waals surface area contributed by atoms with E-state index in [0.29, 0.717) is 11.8 Å². The zero-order chi connectivity index (χ0) is 14.0. The average molecular weight is 267 g/mol. The van der Waals surface area contributed by atoms with Crippen LogP contribution in [0.15, 0.2) is 36.4 Å². The van der Waals surface area contributed by atoms with Crippen molar-refractivity contribution in [3.63, 3.8) is 0 Å². The normalized spacial score (nSPS) is 42.8. The van der Waals surface area contributed by atoms with Gasteiger partial charge >= 0.3 is 0 Å². The van der Waals surface area contributed by atoms with E-state index >= 15 is 0 Å². The fourth-order valence-electron chi connectivity index (χ4n) is 5.22. The van der Waals surface area contributed by atoms with E-state index in [1.165, 1.54) is 16.7 Å². The Hall–Kier alpha value is -1.08. The summed E-state index contributed by atoms with van der Waals surface area (Å²) >= 11 is 0. The molecule has 3 aliphatic rings. The van der Waals surface area contributed by atoms with Gasteiger partial charge in [-0.2, -0.15) is 0 Å². The van der Waals surface area contributed by atoms with Crippen LogP contribution in [0.2, 0.25) is 0 Å². The summed E-state index contributed by atoms with van der Waals surface area (Å²) in [5, 5.41) is 11.5. The molecule has 0 spiro atoms. The first-order valence-electron chi connectivity index (χ1n) is 7.87. The van der Waals surface area contributed by atoms with E-state index in [9.17, 15) is 5.11 Å². The van der Waals surface area contributed by atoms with Crippen LogP contribution < -0.4 is 0 Å². The minimum Gasteiger partial charge on any atom is -0.385 e. The number of fused-ring (bicyclic) bond motifs is 5. The molecule has 0 bridgehead atoms. The summed E-state index contributed by atoms with van der Waals surface area (Å²) in [4.78, 5) is 0. The summed E-state index contributed by atoms with van der Waals surface area (Å²) in [5.41, 5.74) is 3.52. The van der Waals surface area contributed by atoms with Gasteiger partial charge in [-0.25, -0.2) is 0 Å². The highest BCUT2D eigenvalue weighted by Crippen LogP contribution is 2.63. The van der Waals surface area contributed by atoms with Gasteiger partial charge in [0, 0.05) is 0 Å². The summed E-state index contributed by atoms with van der Waals surface area (Å²) < 4.78 is 0. The predicted octanol–water partition coefficient (Wildman–Crippen LogP) is 4.02. The molecular weight excluding hydrogens is 244 g/mol.